The van der Waals surface area contributed by atoms with Crippen LogP contribution in [0.1, 0.15) is 12.0 Å². The normalized spacial score (nSPS) is 17.8. The predicted molar refractivity (Wildman–Crippen MR) is 83.5 cm³/mol. The van der Waals surface area contributed by atoms with Crippen molar-refractivity contribution >= 4 is 18.5 Å². The van der Waals surface area contributed by atoms with Crippen LogP contribution in [0.5, 0.6) is 11.6 Å². The van der Waals surface area contributed by atoms with Crippen molar-refractivity contribution in [3.05, 3.63) is 54.0 Å². The molecular formula is C16H15FN2O2S. The maximum atomic E-state index is 12.8. The van der Waals surface area contributed by atoms with E-state index in [1.807, 2.05) is 6.07 Å². The summed E-state index contributed by atoms with van der Waals surface area (Å²) in [7, 11) is 0. The molecule has 1 aliphatic heterocycles. The summed E-state index contributed by atoms with van der Waals surface area (Å²) in [6.07, 6.45) is 2.17. The largest absolute Gasteiger partial charge is 0.439 e. The molecule has 2 aromatic rings. The third-order valence-electron chi connectivity index (χ3n) is 3.40. The number of carbonyl (C=O) groups is 1. The predicted octanol–water partition coefficient (Wildman–Crippen LogP) is 3.04. The Bertz CT molecular complexity index is 661. The van der Waals surface area contributed by atoms with E-state index < -0.39 is 0 Å². The van der Waals surface area contributed by atoms with Crippen LogP contribution in [-0.2, 0) is 11.3 Å². The second-order valence-electron chi connectivity index (χ2n) is 5.19. The molecule has 0 radical (unpaired) electrons. The summed E-state index contributed by atoms with van der Waals surface area (Å²) in [5.41, 5.74) is 0.933. The number of hydrogen-bond donors (Lipinski definition) is 1. The van der Waals surface area contributed by atoms with Gasteiger partial charge in [0.1, 0.15) is 11.6 Å². The van der Waals surface area contributed by atoms with E-state index in [1.54, 1.807) is 29.3 Å². The highest BCUT2D eigenvalue weighted by molar-refractivity contribution is 7.81. The summed E-state index contributed by atoms with van der Waals surface area (Å²) in [4.78, 5) is 17.7. The molecule has 6 heteroatoms. The zero-order valence-electron chi connectivity index (χ0n) is 11.8. The highest BCUT2D eigenvalue weighted by atomic mass is 32.1. The first-order valence-corrected chi connectivity index (χ1v) is 7.46. The molecule has 1 amide bonds. The number of aromatic nitrogens is 1. The fraction of sp³-hybridized carbons (Fsp3) is 0.250. The number of likely N-dealkylation sites (tertiary alicyclic amines) is 1. The lowest BCUT2D eigenvalue weighted by Crippen LogP contribution is -2.24. The van der Waals surface area contributed by atoms with E-state index >= 15 is 0 Å². The molecule has 1 saturated heterocycles. The molecule has 1 atom stereocenters. The summed E-state index contributed by atoms with van der Waals surface area (Å²) in [6.45, 7) is 1.19. The van der Waals surface area contributed by atoms with Gasteiger partial charge in [0, 0.05) is 37.0 Å². The van der Waals surface area contributed by atoms with Gasteiger partial charge in [-0.1, -0.05) is 6.07 Å². The number of carbonyl (C=O) groups excluding carboxylic acids is 1. The number of amides is 1. The van der Waals surface area contributed by atoms with Crippen molar-refractivity contribution in [2.45, 2.75) is 18.2 Å². The van der Waals surface area contributed by atoms with Crippen LogP contribution < -0.4 is 4.74 Å². The SMILES string of the molecule is O=C1C[C@@H](S)CN1Cc1ccc(Oc2ccc(F)cc2)nc1. The van der Waals surface area contributed by atoms with Gasteiger partial charge in [0.2, 0.25) is 11.8 Å². The summed E-state index contributed by atoms with van der Waals surface area (Å²) >= 11 is 4.33. The molecule has 1 aromatic heterocycles. The Morgan fingerprint density at radius 2 is 2.05 bits per heavy atom. The summed E-state index contributed by atoms with van der Waals surface area (Å²) in [6, 6.07) is 9.34. The quantitative estimate of drug-likeness (QED) is 0.881. The summed E-state index contributed by atoms with van der Waals surface area (Å²) in [5, 5.41) is 0.113. The Balaban J connectivity index is 1.63. The first-order valence-electron chi connectivity index (χ1n) is 6.94. The smallest absolute Gasteiger partial charge is 0.224 e. The van der Waals surface area contributed by atoms with Gasteiger partial charge in [-0.15, -0.1) is 0 Å². The second kappa shape index (κ2) is 6.36. The van der Waals surface area contributed by atoms with Crippen molar-refractivity contribution < 1.29 is 13.9 Å². The maximum Gasteiger partial charge on any atom is 0.224 e. The van der Waals surface area contributed by atoms with Crippen molar-refractivity contribution in [1.82, 2.24) is 9.88 Å². The lowest BCUT2D eigenvalue weighted by atomic mass is 10.2. The van der Waals surface area contributed by atoms with Crippen molar-refractivity contribution in [3.8, 4) is 11.6 Å². The molecule has 3 rings (SSSR count). The van der Waals surface area contributed by atoms with Crippen molar-refractivity contribution in [2.75, 3.05) is 6.54 Å². The second-order valence-corrected chi connectivity index (χ2v) is 5.92. The van der Waals surface area contributed by atoms with Crippen LogP contribution in [0.4, 0.5) is 4.39 Å². The van der Waals surface area contributed by atoms with E-state index in [4.69, 9.17) is 4.74 Å². The van der Waals surface area contributed by atoms with E-state index in [0.717, 1.165) is 5.56 Å². The molecule has 22 heavy (non-hydrogen) atoms. The van der Waals surface area contributed by atoms with Crippen LogP contribution in [0.3, 0.4) is 0 Å². The molecule has 1 fully saturated rings. The van der Waals surface area contributed by atoms with Crippen molar-refractivity contribution in [3.63, 3.8) is 0 Å². The molecule has 0 aliphatic carbocycles. The topological polar surface area (TPSA) is 42.4 Å². The van der Waals surface area contributed by atoms with Crippen LogP contribution in [0.15, 0.2) is 42.6 Å². The highest BCUT2D eigenvalue weighted by Gasteiger charge is 2.26. The zero-order valence-corrected chi connectivity index (χ0v) is 12.7. The van der Waals surface area contributed by atoms with Crippen LogP contribution in [0.25, 0.3) is 0 Å². The molecule has 0 bridgehead atoms. The number of nitrogens with zero attached hydrogens (tertiary/aromatic N) is 2. The lowest BCUT2D eigenvalue weighted by molar-refractivity contribution is -0.128. The molecule has 2 heterocycles. The molecular weight excluding hydrogens is 303 g/mol. The van der Waals surface area contributed by atoms with Crippen LogP contribution in [-0.4, -0.2) is 27.6 Å². The molecule has 4 nitrogen and oxygen atoms in total. The number of thiol groups is 1. The molecule has 0 spiro atoms. The van der Waals surface area contributed by atoms with Gasteiger partial charge in [-0.2, -0.15) is 12.6 Å². The van der Waals surface area contributed by atoms with Crippen molar-refractivity contribution in [2.24, 2.45) is 0 Å². The monoisotopic (exact) mass is 318 g/mol. The number of ether oxygens (including phenoxy) is 1. The van der Waals surface area contributed by atoms with E-state index in [0.29, 0.717) is 31.1 Å². The van der Waals surface area contributed by atoms with Crippen molar-refractivity contribution in [1.29, 1.82) is 0 Å². The minimum absolute atomic E-state index is 0.113. The average Bonchev–Trinajstić information content (AvgIpc) is 2.81. The third-order valence-corrected chi connectivity index (χ3v) is 3.75. The highest BCUT2D eigenvalue weighted by Crippen LogP contribution is 2.21. The van der Waals surface area contributed by atoms with Gasteiger partial charge in [-0.25, -0.2) is 9.37 Å². The lowest BCUT2D eigenvalue weighted by Gasteiger charge is -2.15. The number of benzene rings is 1. The maximum absolute atomic E-state index is 12.8. The third kappa shape index (κ3) is 3.57. The standard InChI is InChI=1S/C16H15FN2O2S/c17-12-2-4-13(5-3-12)21-15-6-1-11(8-18-15)9-19-10-14(22)7-16(19)20/h1-6,8,14,22H,7,9-10H2/t14-/m1/s1. The number of hydrogen-bond acceptors (Lipinski definition) is 4. The summed E-state index contributed by atoms with van der Waals surface area (Å²) < 4.78 is 18.3. The Morgan fingerprint density at radius 1 is 1.27 bits per heavy atom. The Morgan fingerprint density at radius 3 is 2.64 bits per heavy atom. The minimum Gasteiger partial charge on any atom is -0.439 e. The van der Waals surface area contributed by atoms with Crippen LogP contribution >= 0.6 is 12.6 Å². The number of rotatable bonds is 4. The van der Waals surface area contributed by atoms with E-state index in [1.165, 1.54) is 12.1 Å². The summed E-state index contributed by atoms with van der Waals surface area (Å²) in [5.74, 6) is 0.754. The van der Waals surface area contributed by atoms with Crippen LogP contribution in [0.2, 0.25) is 0 Å². The zero-order chi connectivity index (χ0) is 15.5. The van der Waals surface area contributed by atoms with Gasteiger partial charge in [0.25, 0.3) is 0 Å². The van der Waals surface area contributed by atoms with Crippen LogP contribution in [0, 0.1) is 5.82 Å². The fourth-order valence-corrected chi connectivity index (χ4v) is 2.67. The van der Waals surface area contributed by atoms with Gasteiger partial charge in [-0.05, 0) is 29.8 Å². The molecule has 1 aromatic carbocycles. The Hall–Kier alpha value is -2.08. The van der Waals surface area contributed by atoms with Gasteiger partial charge < -0.3 is 9.64 Å². The molecule has 1 aliphatic rings. The minimum atomic E-state index is -0.312. The number of pyridine rings is 1. The average molecular weight is 318 g/mol. The Labute approximate surface area is 133 Å². The first-order chi connectivity index (χ1) is 10.6. The fourth-order valence-electron chi connectivity index (χ4n) is 2.31. The Kier molecular flexibility index (Phi) is 4.29. The molecule has 114 valence electrons. The van der Waals surface area contributed by atoms with E-state index in [-0.39, 0.29) is 17.0 Å². The van der Waals surface area contributed by atoms with E-state index in [9.17, 15) is 9.18 Å². The first kappa shape index (κ1) is 14.8. The molecule has 0 saturated carbocycles. The van der Waals surface area contributed by atoms with Gasteiger partial charge >= 0.3 is 0 Å². The van der Waals surface area contributed by atoms with Gasteiger partial charge in [0.05, 0.1) is 0 Å². The number of halogens is 1. The van der Waals surface area contributed by atoms with Gasteiger partial charge in [0.15, 0.2) is 0 Å². The van der Waals surface area contributed by atoms with Gasteiger partial charge in [-0.3, -0.25) is 4.79 Å². The molecule has 0 N–H and O–H groups in total. The van der Waals surface area contributed by atoms with E-state index in [2.05, 4.69) is 17.6 Å². The molecule has 0 unspecified atom stereocenters.